The Labute approximate surface area is 126 Å². The molecule has 1 saturated heterocycles. The molecule has 2 aliphatic rings. The summed E-state index contributed by atoms with van der Waals surface area (Å²) in [6.45, 7) is 6.75. The van der Waals surface area contributed by atoms with E-state index in [1.807, 2.05) is 30.5 Å². The fraction of sp³-hybridized carbons (Fsp3) is 0.867. The summed E-state index contributed by atoms with van der Waals surface area (Å²) in [5, 5.41) is 3.44. The van der Waals surface area contributed by atoms with Crippen molar-refractivity contribution in [2.24, 2.45) is 5.92 Å². The zero-order chi connectivity index (χ0) is 14.7. The van der Waals surface area contributed by atoms with Gasteiger partial charge in [-0.15, -0.1) is 0 Å². The van der Waals surface area contributed by atoms with E-state index in [-0.39, 0.29) is 23.8 Å². The van der Waals surface area contributed by atoms with Crippen LogP contribution < -0.4 is 5.32 Å². The smallest absolute Gasteiger partial charge is 0.245 e. The van der Waals surface area contributed by atoms with E-state index in [1.165, 1.54) is 12.8 Å². The largest absolute Gasteiger partial charge is 0.344 e. The van der Waals surface area contributed by atoms with Crippen LogP contribution in [-0.2, 0) is 9.59 Å². The van der Waals surface area contributed by atoms with Gasteiger partial charge < -0.3 is 10.2 Å². The molecule has 1 heterocycles. The topological polar surface area (TPSA) is 49.4 Å². The third-order valence-corrected chi connectivity index (χ3v) is 5.62. The summed E-state index contributed by atoms with van der Waals surface area (Å²) in [5.74, 6) is 1.37. The van der Waals surface area contributed by atoms with Crippen LogP contribution in [0.4, 0.5) is 0 Å². The molecule has 1 N–H and O–H groups in total. The van der Waals surface area contributed by atoms with Gasteiger partial charge >= 0.3 is 0 Å². The minimum absolute atomic E-state index is 0.0113. The van der Waals surface area contributed by atoms with Crippen molar-refractivity contribution in [2.75, 3.05) is 12.3 Å². The molecular weight excluding hydrogens is 272 g/mol. The molecule has 0 aromatic carbocycles. The van der Waals surface area contributed by atoms with Crippen LogP contribution >= 0.6 is 11.8 Å². The van der Waals surface area contributed by atoms with Gasteiger partial charge in [0, 0.05) is 24.3 Å². The summed E-state index contributed by atoms with van der Waals surface area (Å²) in [6.07, 6.45) is 3.91. The Morgan fingerprint density at radius 2 is 2.10 bits per heavy atom. The van der Waals surface area contributed by atoms with Crippen LogP contribution in [0.1, 0.15) is 46.5 Å². The van der Waals surface area contributed by atoms with Gasteiger partial charge in [0.2, 0.25) is 11.8 Å². The molecule has 4 nitrogen and oxygen atoms in total. The second kappa shape index (κ2) is 6.83. The monoisotopic (exact) mass is 298 g/mol. The number of carbonyl (C=O) groups is 2. The molecule has 114 valence electrons. The van der Waals surface area contributed by atoms with Gasteiger partial charge in [0.05, 0.1) is 0 Å². The molecule has 3 atom stereocenters. The second-order valence-electron chi connectivity index (χ2n) is 6.06. The molecule has 0 radical (unpaired) electrons. The first-order valence-corrected chi connectivity index (χ1v) is 8.81. The van der Waals surface area contributed by atoms with Crippen LogP contribution in [0.3, 0.4) is 0 Å². The Bertz CT molecular complexity index is 373. The SMILES string of the molecule is CCSC1CCCC1N1CCC(=O)NC(C(C)C)C1=O. The van der Waals surface area contributed by atoms with E-state index in [0.717, 1.165) is 12.2 Å². The molecule has 0 aromatic heterocycles. The fourth-order valence-corrected chi connectivity index (χ4v) is 4.54. The molecule has 20 heavy (non-hydrogen) atoms. The maximum absolute atomic E-state index is 12.8. The Balaban J connectivity index is 2.16. The first-order chi connectivity index (χ1) is 9.54. The quantitative estimate of drug-likeness (QED) is 0.864. The average Bonchev–Trinajstić information content (AvgIpc) is 2.78. The number of nitrogens with zero attached hydrogens (tertiary/aromatic N) is 1. The maximum atomic E-state index is 12.8. The number of carbonyl (C=O) groups excluding carboxylic acids is 2. The van der Waals surface area contributed by atoms with Gasteiger partial charge in [-0.3, -0.25) is 9.59 Å². The van der Waals surface area contributed by atoms with Gasteiger partial charge in [-0.2, -0.15) is 11.8 Å². The van der Waals surface area contributed by atoms with Crippen molar-refractivity contribution in [3.05, 3.63) is 0 Å². The van der Waals surface area contributed by atoms with Gasteiger partial charge in [-0.05, 0) is 24.5 Å². The van der Waals surface area contributed by atoms with Crippen LogP contribution in [0.5, 0.6) is 0 Å². The van der Waals surface area contributed by atoms with Crippen molar-refractivity contribution in [1.29, 1.82) is 0 Å². The second-order valence-corrected chi connectivity index (χ2v) is 7.58. The lowest BCUT2D eigenvalue weighted by Crippen LogP contribution is -2.52. The summed E-state index contributed by atoms with van der Waals surface area (Å²) in [5.41, 5.74) is 0. The number of hydrogen-bond donors (Lipinski definition) is 1. The molecule has 0 aromatic rings. The van der Waals surface area contributed by atoms with Crippen molar-refractivity contribution in [1.82, 2.24) is 10.2 Å². The van der Waals surface area contributed by atoms with E-state index >= 15 is 0 Å². The summed E-state index contributed by atoms with van der Waals surface area (Å²) in [4.78, 5) is 26.6. The van der Waals surface area contributed by atoms with Crippen molar-refractivity contribution in [3.63, 3.8) is 0 Å². The van der Waals surface area contributed by atoms with E-state index in [1.54, 1.807) is 0 Å². The van der Waals surface area contributed by atoms with E-state index in [9.17, 15) is 9.59 Å². The predicted octanol–water partition coefficient (Wildman–Crippen LogP) is 2.03. The standard InChI is InChI=1S/C15H26N2O2S/c1-4-20-12-7-5-6-11(12)17-9-8-13(18)16-14(10(2)3)15(17)19/h10-12,14H,4-9H2,1-3H3,(H,16,18). The van der Waals surface area contributed by atoms with Crippen LogP contribution in [0.15, 0.2) is 0 Å². The molecule has 3 unspecified atom stereocenters. The van der Waals surface area contributed by atoms with Crippen molar-refractivity contribution >= 4 is 23.6 Å². The molecular formula is C15H26N2O2S. The molecule has 5 heteroatoms. The predicted molar refractivity (Wildman–Crippen MR) is 82.7 cm³/mol. The van der Waals surface area contributed by atoms with Crippen molar-refractivity contribution < 1.29 is 9.59 Å². The molecule has 1 saturated carbocycles. The number of amides is 2. The fourth-order valence-electron chi connectivity index (χ4n) is 3.27. The van der Waals surface area contributed by atoms with Gasteiger partial charge in [0.15, 0.2) is 0 Å². The highest BCUT2D eigenvalue weighted by Crippen LogP contribution is 2.34. The number of thioether (sulfide) groups is 1. The van der Waals surface area contributed by atoms with Gasteiger partial charge in [-0.25, -0.2) is 0 Å². The highest BCUT2D eigenvalue weighted by atomic mass is 32.2. The third kappa shape index (κ3) is 3.30. The molecule has 1 aliphatic heterocycles. The summed E-state index contributed by atoms with van der Waals surface area (Å²) in [7, 11) is 0. The van der Waals surface area contributed by atoms with Gasteiger partial charge in [0.1, 0.15) is 6.04 Å². The molecule has 0 bridgehead atoms. The Morgan fingerprint density at radius 1 is 1.35 bits per heavy atom. The Morgan fingerprint density at radius 3 is 2.75 bits per heavy atom. The number of hydrogen-bond acceptors (Lipinski definition) is 3. The van der Waals surface area contributed by atoms with Gasteiger partial charge in [0.25, 0.3) is 0 Å². The minimum atomic E-state index is -0.349. The Hall–Kier alpha value is -0.710. The van der Waals surface area contributed by atoms with Crippen molar-refractivity contribution in [3.8, 4) is 0 Å². The third-order valence-electron chi connectivity index (χ3n) is 4.31. The van der Waals surface area contributed by atoms with Gasteiger partial charge in [-0.1, -0.05) is 27.2 Å². The maximum Gasteiger partial charge on any atom is 0.245 e. The van der Waals surface area contributed by atoms with Crippen LogP contribution in [0.2, 0.25) is 0 Å². The zero-order valence-corrected chi connectivity index (χ0v) is 13.5. The highest BCUT2D eigenvalue weighted by molar-refractivity contribution is 7.99. The van der Waals surface area contributed by atoms with E-state index < -0.39 is 0 Å². The summed E-state index contributed by atoms with van der Waals surface area (Å²) >= 11 is 1.96. The van der Waals surface area contributed by atoms with E-state index in [4.69, 9.17) is 0 Å². The normalized spacial score (nSPS) is 31.6. The lowest BCUT2D eigenvalue weighted by atomic mass is 10.0. The van der Waals surface area contributed by atoms with Crippen LogP contribution in [0.25, 0.3) is 0 Å². The lowest BCUT2D eigenvalue weighted by molar-refractivity contribution is -0.136. The number of rotatable bonds is 4. The van der Waals surface area contributed by atoms with E-state index in [0.29, 0.717) is 24.3 Å². The molecule has 2 amide bonds. The van der Waals surface area contributed by atoms with Crippen LogP contribution in [0, 0.1) is 5.92 Å². The van der Waals surface area contributed by atoms with Crippen molar-refractivity contribution in [2.45, 2.75) is 63.8 Å². The summed E-state index contributed by atoms with van der Waals surface area (Å²) in [6, 6.07) is -0.0284. The molecule has 1 aliphatic carbocycles. The Kier molecular flexibility index (Phi) is 5.35. The average molecular weight is 298 g/mol. The van der Waals surface area contributed by atoms with E-state index in [2.05, 4.69) is 12.2 Å². The lowest BCUT2D eigenvalue weighted by Gasteiger charge is -2.34. The molecule has 2 rings (SSSR count). The van der Waals surface area contributed by atoms with Crippen LogP contribution in [-0.4, -0.2) is 46.3 Å². The first-order valence-electron chi connectivity index (χ1n) is 7.76. The molecule has 0 spiro atoms. The zero-order valence-electron chi connectivity index (χ0n) is 12.7. The number of nitrogens with one attached hydrogen (secondary N) is 1. The minimum Gasteiger partial charge on any atom is -0.344 e. The molecule has 2 fully saturated rings. The summed E-state index contributed by atoms with van der Waals surface area (Å²) < 4.78 is 0. The highest BCUT2D eigenvalue weighted by Gasteiger charge is 2.40. The first kappa shape index (κ1) is 15.7.